The summed E-state index contributed by atoms with van der Waals surface area (Å²) in [6, 6.07) is 7.84. The summed E-state index contributed by atoms with van der Waals surface area (Å²) in [7, 11) is 0. The Morgan fingerprint density at radius 1 is 1.29 bits per heavy atom. The zero-order valence-corrected chi connectivity index (χ0v) is 13.4. The van der Waals surface area contributed by atoms with E-state index < -0.39 is 6.10 Å². The molecule has 78 valence electrons. The molecule has 0 aliphatic heterocycles. The maximum atomic E-state index is 9.98. The van der Waals surface area contributed by atoms with E-state index in [1.165, 1.54) is 0 Å². The van der Waals surface area contributed by atoms with E-state index in [1.54, 1.807) is 0 Å². The first-order valence-electron chi connectivity index (χ1n) is 4.06. The Labute approximate surface area is 120 Å². The highest BCUT2D eigenvalue weighted by molar-refractivity contribution is 14.2. The highest BCUT2D eigenvalue weighted by Crippen LogP contribution is 2.26. The fourth-order valence-electron chi connectivity index (χ4n) is 1.05. The number of halogens is 3. The Morgan fingerprint density at radius 2 is 1.79 bits per heavy atom. The molecule has 0 aliphatic rings. The molecular weight excluding hydrogens is 472 g/mol. The molecule has 2 atom stereocenters. The van der Waals surface area contributed by atoms with Gasteiger partial charge in [0, 0.05) is 50.2 Å². The summed E-state index contributed by atoms with van der Waals surface area (Å²) < 4.78 is 2.98. The van der Waals surface area contributed by atoms with Crippen LogP contribution >= 0.6 is 61.7 Å². The van der Waals surface area contributed by atoms with E-state index in [-0.39, 0.29) is 6.04 Å². The number of hydrogen-bond donors (Lipinski definition) is 1. The van der Waals surface area contributed by atoms with Crippen molar-refractivity contribution in [3.05, 3.63) is 34.3 Å². The SMILES string of the molecule is CC([C@H](O)c1ccc(Br)cc1)N(I)I. The van der Waals surface area contributed by atoms with E-state index in [0.29, 0.717) is 0 Å². The minimum atomic E-state index is -0.447. The lowest BCUT2D eigenvalue weighted by molar-refractivity contribution is 0.136. The van der Waals surface area contributed by atoms with E-state index in [9.17, 15) is 5.11 Å². The molecule has 0 heterocycles. The summed E-state index contributed by atoms with van der Waals surface area (Å²) in [5.74, 6) is 0. The quantitative estimate of drug-likeness (QED) is 0.523. The molecule has 0 aliphatic carbocycles. The molecule has 2 nitrogen and oxygen atoms in total. The van der Waals surface area contributed by atoms with Gasteiger partial charge in [-0.15, -0.1) is 0 Å². The van der Waals surface area contributed by atoms with Gasteiger partial charge in [0.15, 0.2) is 0 Å². The third kappa shape index (κ3) is 3.58. The van der Waals surface area contributed by atoms with Crippen molar-refractivity contribution in [3.63, 3.8) is 0 Å². The van der Waals surface area contributed by atoms with E-state index in [4.69, 9.17) is 0 Å². The second-order valence-corrected chi connectivity index (χ2v) is 7.84. The van der Waals surface area contributed by atoms with E-state index in [1.807, 2.05) is 32.5 Å². The maximum Gasteiger partial charge on any atom is 0.0959 e. The lowest BCUT2D eigenvalue weighted by Gasteiger charge is -2.22. The van der Waals surface area contributed by atoms with Crippen molar-refractivity contribution in [1.29, 1.82) is 0 Å². The van der Waals surface area contributed by atoms with Crippen LogP contribution in [0.15, 0.2) is 28.7 Å². The second kappa shape index (κ2) is 5.97. The van der Waals surface area contributed by atoms with Gasteiger partial charge < -0.3 is 5.11 Å². The first-order valence-corrected chi connectivity index (χ1v) is 6.79. The molecule has 0 fully saturated rings. The predicted molar refractivity (Wildman–Crippen MR) is 78.4 cm³/mol. The summed E-state index contributed by atoms with van der Waals surface area (Å²) >= 11 is 7.70. The van der Waals surface area contributed by atoms with Gasteiger partial charge in [-0.2, -0.15) is 1.33 Å². The summed E-state index contributed by atoms with van der Waals surface area (Å²) in [6.45, 7) is 1.99. The normalized spacial score (nSPS) is 15.6. The lowest BCUT2D eigenvalue weighted by atomic mass is 10.0. The Morgan fingerprint density at radius 3 is 2.21 bits per heavy atom. The summed E-state index contributed by atoms with van der Waals surface area (Å²) in [5.41, 5.74) is 0.944. The van der Waals surface area contributed by atoms with Crippen molar-refractivity contribution in [1.82, 2.24) is 1.33 Å². The number of rotatable bonds is 3. The Kier molecular flexibility index (Phi) is 5.61. The number of hydrogen-bond acceptors (Lipinski definition) is 2. The predicted octanol–water partition coefficient (Wildman–Crippen LogP) is 3.87. The number of benzene rings is 1. The van der Waals surface area contributed by atoms with Gasteiger partial charge >= 0.3 is 0 Å². The fourth-order valence-corrected chi connectivity index (χ4v) is 1.92. The van der Waals surface area contributed by atoms with Crippen molar-refractivity contribution < 1.29 is 5.11 Å². The molecule has 5 heteroatoms. The van der Waals surface area contributed by atoms with Gasteiger partial charge in [-0.05, 0) is 24.6 Å². The Balaban J connectivity index is 2.78. The molecule has 0 radical (unpaired) electrons. The van der Waals surface area contributed by atoms with E-state index in [2.05, 4.69) is 61.7 Å². The van der Waals surface area contributed by atoms with Crippen LogP contribution in [-0.4, -0.2) is 12.5 Å². The molecule has 1 unspecified atom stereocenters. The van der Waals surface area contributed by atoms with E-state index in [0.717, 1.165) is 10.0 Å². The van der Waals surface area contributed by atoms with Crippen LogP contribution in [0.3, 0.4) is 0 Å². The van der Waals surface area contributed by atoms with Gasteiger partial charge in [0.25, 0.3) is 0 Å². The average Bonchev–Trinajstić information content (AvgIpc) is 2.16. The van der Waals surface area contributed by atoms with Crippen LogP contribution in [0, 0.1) is 0 Å². The van der Waals surface area contributed by atoms with Gasteiger partial charge in [-0.3, -0.25) is 0 Å². The molecule has 1 aromatic carbocycles. The average molecular weight is 482 g/mol. The molecule has 1 N–H and O–H groups in total. The fraction of sp³-hybridized carbons (Fsp3) is 0.333. The Bertz CT molecular complexity index is 291. The van der Waals surface area contributed by atoms with Crippen LogP contribution in [-0.2, 0) is 0 Å². The second-order valence-electron chi connectivity index (χ2n) is 3.00. The van der Waals surface area contributed by atoms with Gasteiger partial charge in [0.2, 0.25) is 0 Å². The Hall–Kier alpha value is 1.08. The zero-order chi connectivity index (χ0) is 10.7. The van der Waals surface area contributed by atoms with Crippen LogP contribution in [0.5, 0.6) is 0 Å². The summed E-state index contributed by atoms with van der Waals surface area (Å²) in [4.78, 5) is 0. The molecule has 1 aromatic rings. The minimum absolute atomic E-state index is 0.0948. The van der Waals surface area contributed by atoms with Gasteiger partial charge in [0.05, 0.1) is 12.1 Å². The van der Waals surface area contributed by atoms with Crippen molar-refractivity contribution in [2.45, 2.75) is 19.1 Å². The van der Waals surface area contributed by atoms with Crippen LogP contribution in [0.2, 0.25) is 0 Å². The third-order valence-electron chi connectivity index (χ3n) is 1.98. The zero-order valence-electron chi connectivity index (χ0n) is 7.49. The molecule has 14 heavy (non-hydrogen) atoms. The molecule has 0 spiro atoms. The van der Waals surface area contributed by atoms with Gasteiger partial charge in [-0.25, -0.2) is 0 Å². The van der Waals surface area contributed by atoms with Crippen LogP contribution in [0.25, 0.3) is 0 Å². The largest absolute Gasteiger partial charge is 0.387 e. The number of nitrogens with zero attached hydrogens (tertiary/aromatic N) is 1. The highest BCUT2D eigenvalue weighted by Gasteiger charge is 2.19. The monoisotopic (exact) mass is 481 g/mol. The van der Waals surface area contributed by atoms with Crippen LogP contribution in [0.1, 0.15) is 18.6 Å². The molecule has 0 bridgehead atoms. The lowest BCUT2D eigenvalue weighted by Crippen LogP contribution is -2.22. The first kappa shape index (κ1) is 13.1. The number of aliphatic hydroxyl groups is 1. The first-order chi connectivity index (χ1) is 6.52. The molecule has 0 saturated carbocycles. The smallest absolute Gasteiger partial charge is 0.0959 e. The molecule has 0 amide bonds. The van der Waals surface area contributed by atoms with Crippen molar-refractivity contribution >= 4 is 61.7 Å². The molecular formula is C9H10BrI2NO. The summed E-state index contributed by atoms with van der Waals surface area (Å²) in [6.07, 6.45) is -0.447. The van der Waals surface area contributed by atoms with Crippen molar-refractivity contribution in [2.24, 2.45) is 0 Å². The molecule has 0 saturated heterocycles. The maximum absolute atomic E-state index is 9.98. The third-order valence-corrected chi connectivity index (χ3v) is 4.26. The topological polar surface area (TPSA) is 23.5 Å². The summed E-state index contributed by atoms with van der Waals surface area (Å²) in [5, 5.41) is 9.98. The number of aliphatic hydroxyl groups excluding tert-OH is 1. The molecule has 1 rings (SSSR count). The van der Waals surface area contributed by atoms with Crippen molar-refractivity contribution in [3.8, 4) is 0 Å². The van der Waals surface area contributed by atoms with E-state index >= 15 is 0 Å². The van der Waals surface area contributed by atoms with Crippen LogP contribution < -0.4 is 0 Å². The molecule has 0 aromatic heterocycles. The highest BCUT2D eigenvalue weighted by atomic mass is 127. The van der Waals surface area contributed by atoms with Gasteiger partial charge in [0.1, 0.15) is 0 Å². The van der Waals surface area contributed by atoms with Crippen LogP contribution in [0.4, 0.5) is 0 Å². The van der Waals surface area contributed by atoms with Gasteiger partial charge in [-0.1, -0.05) is 28.1 Å². The standard InChI is InChI=1S/C9H10BrI2NO/c1-6(13(11)12)9(14)7-2-4-8(10)5-3-7/h2-6,9,14H,1H3/t6?,9-/m0/s1. The van der Waals surface area contributed by atoms with Crippen molar-refractivity contribution in [2.75, 3.05) is 0 Å². The minimum Gasteiger partial charge on any atom is -0.387 e.